The number of carbonyl (C=O) groups is 2. The van der Waals surface area contributed by atoms with E-state index < -0.39 is 5.91 Å². The van der Waals surface area contributed by atoms with E-state index in [0.717, 1.165) is 21.8 Å². The highest BCUT2D eigenvalue weighted by Crippen LogP contribution is 2.30. The lowest BCUT2D eigenvalue weighted by Gasteiger charge is -2.26. The highest BCUT2D eigenvalue weighted by Gasteiger charge is 2.34. The number of likely N-dealkylation sites (N-methyl/N-ethyl adjacent to an activating group) is 1. The summed E-state index contributed by atoms with van der Waals surface area (Å²) in [5.74, 6) is -0.109. The summed E-state index contributed by atoms with van der Waals surface area (Å²) in [4.78, 5) is 25.8. The quantitative estimate of drug-likeness (QED) is 0.620. The molecule has 1 aromatic rings. The molecule has 0 aromatic heterocycles. The van der Waals surface area contributed by atoms with Gasteiger partial charge in [-0.25, -0.2) is 0 Å². The standard InChI is InChI=1S/C19H16N2O3/c1-3-21-18(22)15(12(2)16(10-20)19(21)23)9-13-8-14-6-4-5-7-17(14)24-11-13/h4-9H,3,11H2,1-2H3. The maximum absolute atomic E-state index is 12.6. The van der Waals surface area contributed by atoms with Crippen molar-refractivity contribution in [2.45, 2.75) is 13.8 Å². The van der Waals surface area contributed by atoms with E-state index in [1.165, 1.54) is 0 Å². The van der Waals surface area contributed by atoms with Gasteiger partial charge >= 0.3 is 0 Å². The van der Waals surface area contributed by atoms with Crippen molar-refractivity contribution in [2.24, 2.45) is 0 Å². The first kappa shape index (κ1) is 15.8. The molecule has 2 heterocycles. The zero-order valence-electron chi connectivity index (χ0n) is 13.5. The van der Waals surface area contributed by atoms with Gasteiger partial charge in [0.2, 0.25) is 0 Å². The fraction of sp³-hybridized carbons (Fsp3) is 0.211. The number of benzene rings is 1. The van der Waals surface area contributed by atoms with E-state index in [0.29, 0.717) is 17.8 Å². The van der Waals surface area contributed by atoms with Crippen molar-refractivity contribution >= 4 is 17.9 Å². The van der Waals surface area contributed by atoms with Crippen LogP contribution in [-0.2, 0) is 9.59 Å². The minimum absolute atomic E-state index is 0.0143. The molecule has 120 valence electrons. The Bertz CT molecular complexity index is 869. The molecule has 0 spiro atoms. The van der Waals surface area contributed by atoms with Gasteiger partial charge in [0.05, 0.1) is 0 Å². The molecular weight excluding hydrogens is 304 g/mol. The summed E-state index contributed by atoms with van der Waals surface area (Å²) in [5, 5.41) is 9.25. The number of nitriles is 1. The number of imide groups is 1. The van der Waals surface area contributed by atoms with Gasteiger partial charge in [0.1, 0.15) is 24.0 Å². The Labute approximate surface area is 140 Å². The molecule has 0 fully saturated rings. The minimum atomic E-state index is -0.529. The van der Waals surface area contributed by atoms with Gasteiger partial charge in [-0.15, -0.1) is 0 Å². The summed E-state index contributed by atoms with van der Waals surface area (Å²) in [7, 11) is 0. The van der Waals surface area contributed by atoms with Crippen LogP contribution < -0.4 is 4.74 Å². The SMILES string of the molecule is CCN1C(=O)C(=CC2=Cc3ccccc3OC2)C(C)=C(C#N)C1=O. The lowest BCUT2D eigenvalue weighted by atomic mass is 9.93. The van der Waals surface area contributed by atoms with Gasteiger partial charge in [0.15, 0.2) is 0 Å². The molecule has 2 amide bonds. The van der Waals surface area contributed by atoms with Gasteiger partial charge in [-0.1, -0.05) is 18.2 Å². The summed E-state index contributed by atoms with van der Waals surface area (Å²) < 4.78 is 5.69. The van der Waals surface area contributed by atoms with Gasteiger partial charge in [-0.05, 0) is 43.2 Å². The number of ether oxygens (including phenoxy) is 1. The third-order valence-electron chi connectivity index (χ3n) is 4.13. The van der Waals surface area contributed by atoms with Gasteiger partial charge in [-0.3, -0.25) is 14.5 Å². The molecule has 2 aliphatic rings. The fourth-order valence-corrected chi connectivity index (χ4v) is 2.82. The van der Waals surface area contributed by atoms with Crippen molar-refractivity contribution in [2.75, 3.05) is 13.2 Å². The maximum Gasteiger partial charge on any atom is 0.271 e. The first-order valence-corrected chi connectivity index (χ1v) is 7.68. The maximum atomic E-state index is 12.6. The lowest BCUT2D eigenvalue weighted by molar-refractivity contribution is -0.140. The number of carbonyl (C=O) groups excluding carboxylic acids is 2. The Hall–Kier alpha value is -3.13. The summed E-state index contributed by atoms with van der Waals surface area (Å²) in [6.45, 7) is 3.91. The van der Waals surface area contributed by atoms with Crippen molar-refractivity contribution in [1.82, 2.24) is 4.90 Å². The summed E-state index contributed by atoms with van der Waals surface area (Å²) in [6, 6.07) is 9.55. The second-order valence-electron chi connectivity index (χ2n) is 5.57. The first-order valence-electron chi connectivity index (χ1n) is 7.68. The number of para-hydroxylation sites is 1. The zero-order valence-corrected chi connectivity index (χ0v) is 13.5. The molecule has 0 atom stereocenters. The molecule has 3 rings (SSSR count). The predicted octanol–water partition coefficient (Wildman–Crippen LogP) is 2.62. The Balaban J connectivity index is 2.08. The smallest absolute Gasteiger partial charge is 0.271 e. The van der Waals surface area contributed by atoms with E-state index in [1.807, 2.05) is 36.4 Å². The van der Waals surface area contributed by atoms with Crippen molar-refractivity contribution in [3.8, 4) is 11.8 Å². The zero-order chi connectivity index (χ0) is 17.3. The molecule has 0 N–H and O–H groups in total. The molecular formula is C19H16N2O3. The van der Waals surface area contributed by atoms with Crippen LogP contribution in [0.1, 0.15) is 19.4 Å². The lowest BCUT2D eigenvalue weighted by Crippen LogP contribution is -2.42. The number of rotatable bonds is 2. The third kappa shape index (κ3) is 2.52. The van der Waals surface area contributed by atoms with Gasteiger partial charge in [0, 0.05) is 17.7 Å². The highest BCUT2D eigenvalue weighted by atomic mass is 16.5. The van der Waals surface area contributed by atoms with E-state index in [-0.39, 0.29) is 18.0 Å². The van der Waals surface area contributed by atoms with Crippen LogP contribution in [0.2, 0.25) is 0 Å². The number of fused-ring (bicyclic) bond motifs is 1. The van der Waals surface area contributed by atoms with Crippen LogP contribution in [0.25, 0.3) is 6.08 Å². The number of hydrogen-bond acceptors (Lipinski definition) is 4. The predicted molar refractivity (Wildman–Crippen MR) is 88.7 cm³/mol. The van der Waals surface area contributed by atoms with Crippen molar-refractivity contribution in [3.63, 3.8) is 0 Å². The summed E-state index contributed by atoms with van der Waals surface area (Å²) >= 11 is 0. The van der Waals surface area contributed by atoms with Crippen LogP contribution in [0.3, 0.4) is 0 Å². The molecule has 1 aromatic carbocycles. The number of nitrogens with zero attached hydrogens (tertiary/aromatic N) is 2. The Morgan fingerprint density at radius 1 is 1.29 bits per heavy atom. The normalized spacial score (nSPS) is 19.0. The van der Waals surface area contributed by atoms with Crippen LogP contribution in [0.5, 0.6) is 5.75 Å². The Morgan fingerprint density at radius 3 is 2.75 bits per heavy atom. The average Bonchev–Trinajstić information content (AvgIpc) is 2.59. The minimum Gasteiger partial charge on any atom is -0.488 e. The molecule has 0 aliphatic carbocycles. The summed E-state index contributed by atoms with van der Waals surface area (Å²) in [6.07, 6.45) is 3.66. The summed E-state index contributed by atoms with van der Waals surface area (Å²) in [5.41, 5.74) is 2.54. The monoisotopic (exact) mass is 320 g/mol. The fourth-order valence-electron chi connectivity index (χ4n) is 2.82. The van der Waals surface area contributed by atoms with Crippen LogP contribution in [0, 0.1) is 11.3 Å². The van der Waals surface area contributed by atoms with Gasteiger partial charge in [0.25, 0.3) is 11.8 Å². The van der Waals surface area contributed by atoms with E-state index in [4.69, 9.17) is 4.74 Å². The largest absolute Gasteiger partial charge is 0.488 e. The molecule has 0 unspecified atom stereocenters. The molecule has 0 radical (unpaired) electrons. The topological polar surface area (TPSA) is 70.4 Å². The number of amides is 2. The second kappa shape index (κ2) is 6.17. The molecule has 0 saturated carbocycles. The van der Waals surface area contributed by atoms with E-state index in [9.17, 15) is 14.9 Å². The Kier molecular flexibility index (Phi) is 4.05. The van der Waals surface area contributed by atoms with Crippen LogP contribution >= 0.6 is 0 Å². The highest BCUT2D eigenvalue weighted by molar-refractivity contribution is 6.18. The van der Waals surface area contributed by atoms with Gasteiger partial charge in [-0.2, -0.15) is 5.26 Å². The van der Waals surface area contributed by atoms with Crippen LogP contribution in [0.15, 0.2) is 52.6 Å². The van der Waals surface area contributed by atoms with Crippen LogP contribution in [-0.4, -0.2) is 29.9 Å². The third-order valence-corrected chi connectivity index (χ3v) is 4.13. The van der Waals surface area contributed by atoms with E-state index in [2.05, 4.69) is 0 Å². The van der Waals surface area contributed by atoms with Gasteiger partial charge < -0.3 is 4.74 Å². The molecule has 0 saturated heterocycles. The first-order chi connectivity index (χ1) is 11.6. The molecule has 5 heteroatoms. The Morgan fingerprint density at radius 2 is 2.04 bits per heavy atom. The van der Waals surface area contributed by atoms with Crippen LogP contribution in [0.4, 0.5) is 0 Å². The van der Waals surface area contributed by atoms with E-state index in [1.54, 1.807) is 19.9 Å². The molecule has 0 bridgehead atoms. The number of hydrogen-bond donors (Lipinski definition) is 0. The van der Waals surface area contributed by atoms with E-state index >= 15 is 0 Å². The molecule has 24 heavy (non-hydrogen) atoms. The second-order valence-corrected chi connectivity index (χ2v) is 5.57. The van der Waals surface area contributed by atoms with Crippen molar-refractivity contribution < 1.29 is 14.3 Å². The van der Waals surface area contributed by atoms with Crippen molar-refractivity contribution in [3.05, 3.63) is 58.2 Å². The van der Waals surface area contributed by atoms with Crippen molar-refractivity contribution in [1.29, 1.82) is 5.26 Å². The average molecular weight is 320 g/mol. The molecule has 5 nitrogen and oxygen atoms in total. The molecule has 2 aliphatic heterocycles.